The van der Waals surface area contributed by atoms with Gasteiger partial charge in [0.25, 0.3) is 0 Å². The summed E-state index contributed by atoms with van der Waals surface area (Å²) >= 11 is 1.30. The van der Waals surface area contributed by atoms with Gasteiger partial charge in [0, 0.05) is 5.56 Å². The largest absolute Gasteiger partial charge is 0.495 e. The van der Waals surface area contributed by atoms with Gasteiger partial charge >= 0.3 is 0 Å². The van der Waals surface area contributed by atoms with Crippen LogP contribution in [0.1, 0.15) is 51.2 Å². The van der Waals surface area contributed by atoms with Crippen molar-refractivity contribution in [1.82, 2.24) is 14.6 Å². The summed E-state index contributed by atoms with van der Waals surface area (Å²) in [5, 5.41) is 25.0. The van der Waals surface area contributed by atoms with E-state index < -0.39 is 26.3 Å². The van der Waals surface area contributed by atoms with Crippen LogP contribution in [0.3, 0.4) is 0 Å². The number of aryl methyl sites for hydroxylation is 1. The number of ether oxygens (including phenoxy) is 1. The molecule has 2 heterocycles. The van der Waals surface area contributed by atoms with Crippen molar-refractivity contribution in [3.63, 3.8) is 0 Å². The summed E-state index contributed by atoms with van der Waals surface area (Å²) in [5.41, 5.74) is 0.0345. The van der Waals surface area contributed by atoms with E-state index in [0.717, 1.165) is 0 Å². The zero-order chi connectivity index (χ0) is 23.6. The lowest BCUT2D eigenvalue weighted by Gasteiger charge is -2.42. The van der Waals surface area contributed by atoms with Crippen LogP contribution >= 0.6 is 11.3 Å². The molecule has 1 saturated carbocycles. The van der Waals surface area contributed by atoms with Crippen LogP contribution in [0.4, 0.5) is 0 Å². The monoisotopic (exact) mass is 479 g/mol. The van der Waals surface area contributed by atoms with Crippen LogP contribution in [0.15, 0.2) is 23.1 Å². The number of aliphatic hydroxyl groups is 2. The zero-order valence-electron chi connectivity index (χ0n) is 19.1. The molecule has 8 nitrogen and oxygen atoms in total. The second-order valence-corrected chi connectivity index (χ2v) is 12.7. The Labute approximate surface area is 191 Å². The Morgan fingerprint density at radius 1 is 1.19 bits per heavy atom. The maximum atomic E-state index is 13.4. The van der Waals surface area contributed by atoms with E-state index in [1.807, 2.05) is 6.92 Å². The number of nitrogens with zero attached hydrogens (tertiary/aromatic N) is 3. The minimum absolute atomic E-state index is 0.0524. The molecule has 2 N–H and O–H groups in total. The number of fused-ring (bicyclic) bond motifs is 1. The van der Waals surface area contributed by atoms with Crippen molar-refractivity contribution in [2.24, 2.45) is 5.92 Å². The first-order valence-corrected chi connectivity index (χ1v) is 12.8. The molecule has 0 bridgehead atoms. The highest BCUT2D eigenvalue weighted by Gasteiger charge is 2.46. The van der Waals surface area contributed by atoms with E-state index in [2.05, 4.69) is 10.1 Å². The Morgan fingerprint density at radius 3 is 2.41 bits per heavy atom. The average molecular weight is 480 g/mol. The fourth-order valence-electron chi connectivity index (χ4n) is 4.05. The SMILES string of the molecule is COc1ccc(-c2c(C)nc3sc(C(C)(C)O)nn23)cc1S(=O)(=O)C1CC(C(C)(C)O)C1. The molecule has 0 unspecified atom stereocenters. The highest BCUT2D eigenvalue weighted by Crippen LogP contribution is 2.44. The van der Waals surface area contributed by atoms with Crippen molar-refractivity contribution >= 4 is 26.1 Å². The molecule has 2 aromatic heterocycles. The van der Waals surface area contributed by atoms with Gasteiger partial charge in [-0.15, -0.1) is 0 Å². The Hall–Kier alpha value is -2.01. The molecule has 1 fully saturated rings. The van der Waals surface area contributed by atoms with Gasteiger partial charge in [-0.2, -0.15) is 5.10 Å². The van der Waals surface area contributed by atoms with Crippen LogP contribution in [-0.4, -0.2) is 51.2 Å². The quantitative estimate of drug-likeness (QED) is 0.557. The summed E-state index contributed by atoms with van der Waals surface area (Å²) in [7, 11) is -2.21. The van der Waals surface area contributed by atoms with Crippen molar-refractivity contribution in [2.45, 2.75) is 68.8 Å². The summed E-state index contributed by atoms with van der Waals surface area (Å²) in [6.45, 7) is 8.60. The molecule has 0 amide bonds. The number of methoxy groups -OCH3 is 1. The molecular weight excluding hydrogens is 450 g/mol. The highest BCUT2D eigenvalue weighted by molar-refractivity contribution is 7.92. The standard InChI is InChI=1S/C22H29N3O5S2/c1-12-18(25-20(23-12)31-19(24-25)22(4,5)27)13-7-8-16(30-6)17(9-13)32(28,29)15-10-14(11-15)21(2,3)26/h7-9,14-15,26-27H,10-11H2,1-6H3. The van der Waals surface area contributed by atoms with E-state index in [9.17, 15) is 18.6 Å². The third kappa shape index (κ3) is 3.83. The van der Waals surface area contributed by atoms with Crippen LogP contribution in [-0.2, 0) is 15.4 Å². The lowest BCUT2D eigenvalue weighted by Crippen LogP contribution is -2.46. The smallest absolute Gasteiger partial charge is 0.213 e. The van der Waals surface area contributed by atoms with E-state index in [1.165, 1.54) is 18.4 Å². The number of rotatable bonds is 6. The number of benzene rings is 1. The highest BCUT2D eigenvalue weighted by atomic mass is 32.2. The van der Waals surface area contributed by atoms with Crippen LogP contribution in [0, 0.1) is 12.8 Å². The number of imidazole rings is 1. The maximum Gasteiger partial charge on any atom is 0.213 e. The third-order valence-corrected chi connectivity index (χ3v) is 9.59. The normalized spacial score (nSPS) is 19.9. The van der Waals surface area contributed by atoms with Crippen molar-refractivity contribution in [3.8, 4) is 17.0 Å². The van der Waals surface area contributed by atoms with Crippen molar-refractivity contribution < 1.29 is 23.4 Å². The first-order chi connectivity index (χ1) is 14.7. The first kappa shape index (κ1) is 23.2. The fraction of sp³-hybridized carbons (Fsp3) is 0.545. The summed E-state index contributed by atoms with van der Waals surface area (Å²) in [6, 6.07) is 5.05. The van der Waals surface area contributed by atoms with E-state index in [1.54, 1.807) is 50.4 Å². The molecule has 0 saturated heterocycles. The molecule has 174 valence electrons. The predicted octanol–water partition coefficient (Wildman–Crippen LogP) is 3.33. The minimum atomic E-state index is -3.66. The molecular formula is C22H29N3O5S2. The topological polar surface area (TPSA) is 114 Å². The molecule has 0 atom stereocenters. The minimum Gasteiger partial charge on any atom is -0.495 e. The Kier molecular flexibility index (Phi) is 5.44. The molecule has 32 heavy (non-hydrogen) atoms. The van der Waals surface area contributed by atoms with Gasteiger partial charge in [-0.3, -0.25) is 0 Å². The summed E-state index contributed by atoms with van der Waals surface area (Å²) in [6.07, 6.45) is 0.826. The van der Waals surface area contributed by atoms with Gasteiger partial charge in [-0.05, 0) is 71.6 Å². The number of hydrogen-bond acceptors (Lipinski definition) is 8. The van der Waals surface area contributed by atoms with Crippen molar-refractivity contribution in [1.29, 1.82) is 0 Å². The van der Waals surface area contributed by atoms with Crippen LogP contribution in [0.5, 0.6) is 5.75 Å². The van der Waals surface area contributed by atoms with E-state index in [0.29, 0.717) is 39.8 Å². The van der Waals surface area contributed by atoms with Gasteiger partial charge in [-0.25, -0.2) is 17.9 Å². The van der Waals surface area contributed by atoms with E-state index >= 15 is 0 Å². The molecule has 0 radical (unpaired) electrons. The van der Waals surface area contributed by atoms with Gasteiger partial charge in [0.2, 0.25) is 4.96 Å². The average Bonchev–Trinajstić information content (AvgIpc) is 3.15. The summed E-state index contributed by atoms with van der Waals surface area (Å²) in [5.74, 6) is 0.234. The zero-order valence-corrected chi connectivity index (χ0v) is 20.7. The second kappa shape index (κ2) is 7.51. The van der Waals surface area contributed by atoms with Crippen molar-refractivity contribution in [3.05, 3.63) is 28.9 Å². The third-order valence-electron chi connectivity index (χ3n) is 6.18. The lowest BCUT2D eigenvalue weighted by molar-refractivity contribution is -0.0164. The fourth-order valence-corrected chi connectivity index (χ4v) is 7.05. The summed E-state index contributed by atoms with van der Waals surface area (Å²) in [4.78, 5) is 5.31. The van der Waals surface area contributed by atoms with Gasteiger partial charge in [-0.1, -0.05) is 11.3 Å². The first-order valence-electron chi connectivity index (χ1n) is 10.5. The van der Waals surface area contributed by atoms with Gasteiger partial charge in [0.05, 0.1) is 29.3 Å². The molecule has 1 aliphatic rings. The second-order valence-electron chi connectivity index (χ2n) is 9.56. The van der Waals surface area contributed by atoms with E-state index in [-0.39, 0.29) is 16.6 Å². The molecule has 1 aromatic carbocycles. The molecule has 10 heteroatoms. The predicted molar refractivity (Wildman–Crippen MR) is 123 cm³/mol. The van der Waals surface area contributed by atoms with Gasteiger partial charge < -0.3 is 14.9 Å². The molecule has 1 aliphatic carbocycles. The van der Waals surface area contributed by atoms with Crippen LogP contribution in [0.2, 0.25) is 0 Å². The molecule has 4 rings (SSSR count). The molecule has 3 aromatic rings. The number of sulfone groups is 1. The van der Waals surface area contributed by atoms with Crippen LogP contribution in [0.25, 0.3) is 16.2 Å². The van der Waals surface area contributed by atoms with Crippen molar-refractivity contribution in [2.75, 3.05) is 7.11 Å². The maximum absolute atomic E-state index is 13.4. The molecule has 0 aliphatic heterocycles. The summed E-state index contributed by atoms with van der Waals surface area (Å²) < 4.78 is 33.9. The van der Waals surface area contributed by atoms with Crippen LogP contribution < -0.4 is 4.74 Å². The Morgan fingerprint density at radius 2 is 1.84 bits per heavy atom. The van der Waals surface area contributed by atoms with E-state index in [4.69, 9.17) is 4.74 Å². The Bertz CT molecular complexity index is 1270. The molecule has 0 spiro atoms. The van der Waals surface area contributed by atoms with Gasteiger partial charge in [0.1, 0.15) is 21.3 Å². The van der Waals surface area contributed by atoms with Gasteiger partial charge in [0.15, 0.2) is 9.84 Å². The Balaban J connectivity index is 1.78. The lowest BCUT2D eigenvalue weighted by atomic mass is 9.74. The number of aromatic nitrogens is 3. The number of hydrogen-bond donors (Lipinski definition) is 2.